The second-order valence-corrected chi connectivity index (χ2v) is 11.9. The summed E-state index contributed by atoms with van der Waals surface area (Å²) in [6.07, 6.45) is 5.23. The Morgan fingerprint density at radius 2 is 1.90 bits per heavy atom. The molecular formula is C30H50N4O5. The minimum absolute atomic E-state index is 0.0195. The molecule has 3 amide bonds. The van der Waals surface area contributed by atoms with Gasteiger partial charge in [0.15, 0.2) is 0 Å². The molecule has 9 heteroatoms. The maximum atomic E-state index is 14.1. The van der Waals surface area contributed by atoms with Crippen LogP contribution in [-0.4, -0.2) is 91.0 Å². The van der Waals surface area contributed by atoms with Crippen LogP contribution in [0.1, 0.15) is 77.1 Å². The second kappa shape index (κ2) is 14.9. The van der Waals surface area contributed by atoms with E-state index in [1.807, 2.05) is 27.7 Å². The molecule has 220 valence electrons. The Balaban J connectivity index is 1.91. The Hall–Kier alpha value is -2.36. The fraction of sp³-hybridized carbons (Fsp3) is 0.733. The van der Waals surface area contributed by atoms with E-state index in [0.717, 1.165) is 38.3 Å². The van der Waals surface area contributed by atoms with Crippen LogP contribution >= 0.6 is 0 Å². The number of rotatable bonds is 8. The van der Waals surface area contributed by atoms with Crippen molar-refractivity contribution < 1.29 is 24.2 Å². The molecule has 0 radical (unpaired) electrons. The van der Waals surface area contributed by atoms with E-state index in [0.29, 0.717) is 30.2 Å². The summed E-state index contributed by atoms with van der Waals surface area (Å²) in [6.45, 7) is 12.6. The number of hydrogen-bond acceptors (Lipinski definition) is 6. The van der Waals surface area contributed by atoms with Gasteiger partial charge in [0.25, 0.3) is 5.91 Å². The number of fused-ring (bicyclic) bond motifs is 1. The molecule has 1 aliphatic carbocycles. The fourth-order valence-corrected chi connectivity index (χ4v) is 5.02. The number of carbonyl (C=O) groups excluding carboxylic acids is 2. The third-order valence-corrected chi connectivity index (χ3v) is 7.49. The average molecular weight is 547 g/mol. The van der Waals surface area contributed by atoms with Crippen LogP contribution in [0.5, 0.6) is 5.75 Å². The molecule has 0 spiro atoms. The smallest absolute Gasteiger partial charge is 0.319 e. The van der Waals surface area contributed by atoms with Gasteiger partial charge in [0.2, 0.25) is 0 Å². The van der Waals surface area contributed by atoms with Crippen molar-refractivity contribution in [3.8, 4) is 5.75 Å². The number of carbonyl (C=O) groups is 2. The number of benzene rings is 1. The lowest BCUT2D eigenvalue weighted by molar-refractivity contribution is -0.0172. The van der Waals surface area contributed by atoms with Gasteiger partial charge < -0.3 is 35.0 Å². The van der Waals surface area contributed by atoms with Crippen LogP contribution in [0.2, 0.25) is 0 Å². The van der Waals surface area contributed by atoms with Crippen LogP contribution in [0.15, 0.2) is 18.2 Å². The molecule has 0 unspecified atom stereocenters. The van der Waals surface area contributed by atoms with Crippen LogP contribution in [0, 0.1) is 11.8 Å². The summed E-state index contributed by atoms with van der Waals surface area (Å²) in [5.74, 6) is 1.09. The molecule has 1 heterocycles. The molecule has 1 aliphatic heterocycles. The summed E-state index contributed by atoms with van der Waals surface area (Å²) in [4.78, 5) is 30.5. The summed E-state index contributed by atoms with van der Waals surface area (Å²) < 4.78 is 12.7. The predicted molar refractivity (Wildman–Crippen MR) is 154 cm³/mol. The molecule has 3 rings (SSSR count). The number of ether oxygens (including phenoxy) is 2. The fourth-order valence-electron chi connectivity index (χ4n) is 5.02. The first-order valence-corrected chi connectivity index (χ1v) is 14.7. The van der Waals surface area contributed by atoms with E-state index in [-0.39, 0.29) is 42.7 Å². The van der Waals surface area contributed by atoms with Gasteiger partial charge in [-0.25, -0.2) is 4.79 Å². The lowest BCUT2D eigenvalue weighted by Gasteiger charge is -2.36. The lowest BCUT2D eigenvalue weighted by atomic mass is 10.0. The van der Waals surface area contributed by atoms with E-state index >= 15 is 0 Å². The Morgan fingerprint density at radius 1 is 1.15 bits per heavy atom. The zero-order valence-electron chi connectivity index (χ0n) is 24.7. The predicted octanol–water partition coefficient (Wildman–Crippen LogP) is 4.35. The average Bonchev–Trinajstić information content (AvgIpc) is 3.69. The highest BCUT2D eigenvalue weighted by atomic mass is 16.5. The van der Waals surface area contributed by atoms with Gasteiger partial charge in [-0.05, 0) is 91.0 Å². The SMILES string of the molecule is CC(C)NC(=O)Nc1ccc2c(c1)C(=O)N([C@H](C)CO)C[C@H](C)[C@@H](CN(C)CC1CC1)OCCCC[C@@H](C)O2. The second-order valence-electron chi connectivity index (χ2n) is 11.9. The topological polar surface area (TPSA) is 103 Å². The molecule has 0 aromatic heterocycles. The molecule has 1 fully saturated rings. The van der Waals surface area contributed by atoms with E-state index in [4.69, 9.17) is 9.47 Å². The quantitative estimate of drug-likeness (QED) is 0.448. The highest BCUT2D eigenvalue weighted by molar-refractivity contribution is 5.99. The molecule has 1 saturated carbocycles. The Morgan fingerprint density at radius 3 is 2.56 bits per heavy atom. The standard InChI is InChI=1S/C30H50N4O5/c1-20(2)31-30(37)32-25-12-13-27-26(15-25)29(36)34(22(4)19-35)16-21(3)28(18-33(6)17-24-10-11-24)38-14-8-7-9-23(5)39-27/h12-13,15,20-24,28,35H,7-11,14,16-19H2,1-6H3,(H2,31,32,37)/t21-,22+,23+,28+/m0/s1. The van der Waals surface area contributed by atoms with Crippen molar-refractivity contribution in [3.63, 3.8) is 0 Å². The highest BCUT2D eigenvalue weighted by Crippen LogP contribution is 2.30. The summed E-state index contributed by atoms with van der Waals surface area (Å²) in [6, 6.07) is 4.43. The number of hydrogen-bond donors (Lipinski definition) is 3. The largest absolute Gasteiger partial charge is 0.490 e. The van der Waals surface area contributed by atoms with Crippen molar-refractivity contribution in [3.05, 3.63) is 23.8 Å². The van der Waals surface area contributed by atoms with Gasteiger partial charge in [-0.3, -0.25) is 4.79 Å². The molecule has 9 nitrogen and oxygen atoms in total. The number of nitrogens with zero attached hydrogens (tertiary/aromatic N) is 2. The summed E-state index contributed by atoms with van der Waals surface area (Å²) in [7, 11) is 2.15. The van der Waals surface area contributed by atoms with E-state index < -0.39 is 6.04 Å². The summed E-state index contributed by atoms with van der Waals surface area (Å²) in [5.41, 5.74) is 0.877. The van der Waals surface area contributed by atoms with E-state index in [1.54, 1.807) is 23.1 Å². The van der Waals surface area contributed by atoms with Crippen LogP contribution in [0.4, 0.5) is 10.5 Å². The maximum Gasteiger partial charge on any atom is 0.319 e. The molecule has 4 atom stereocenters. The van der Waals surface area contributed by atoms with Crippen molar-refractivity contribution in [1.29, 1.82) is 0 Å². The molecule has 1 aromatic carbocycles. The van der Waals surface area contributed by atoms with Crippen LogP contribution < -0.4 is 15.4 Å². The lowest BCUT2D eigenvalue weighted by Crippen LogP contribution is -2.47. The molecule has 1 aromatic rings. The monoisotopic (exact) mass is 546 g/mol. The minimum atomic E-state index is -0.399. The van der Waals surface area contributed by atoms with Gasteiger partial charge in [0.1, 0.15) is 5.75 Å². The maximum absolute atomic E-state index is 14.1. The number of amides is 3. The first kappa shape index (κ1) is 31.2. The first-order valence-electron chi connectivity index (χ1n) is 14.7. The van der Waals surface area contributed by atoms with E-state index in [2.05, 4.69) is 29.5 Å². The van der Waals surface area contributed by atoms with E-state index in [1.165, 1.54) is 12.8 Å². The number of aliphatic hydroxyl groups is 1. The third-order valence-electron chi connectivity index (χ3n) is 7.49. The van der Waals surface area contributed by atoms with Gasteiger partial charge in [-0.1, -0.05) is 6.92 Å². The van der Waals surface area contributed by atoms with Gasteiger partial charge in [-0.15, -0.1) is 0 Å². The van der Waals surface area contributed by atoms with Crippen LogP contribution in [0.25, 0.3) is 0 Å². The van der Waals surface area contributed by atoms with Gasteiger partial charge in [0.05, 0.1) is 30.4 Å². The third kappa shape index (κ3) is 9.96. The molecule has 39 heavy (non-hydrogen) atoms. The summed E-state index contributed by atoms with van der Waals surface area (Å²) in [5, 5.41) is 15.7. The zero-order valence-corrected chi connectivity index (χ0v) is 24.7. The van der Waals surface area contributed by atoms with Crippen molar-refractivity contribution in [2.45, 2.75) is 91.0 Å². The molecule has 2 aliphatic rings. The Labute approximate surface area is 234 Å². The van der Waals surface area contributed by atoms with Crippen LogP contribution in [-0.2, 0) is 4.74 Å². The van der Waals surface area contributed by atoms with Crippen molar-refractivity contribution in [2.24, 2.45) is 11.8 Å². The van der Waals surface area contributed by atoms with Gasteiger partial charge in [0, 0.05) is 43.9 Å². The summed E-state index contributed by atoms with van der Waals surface area (Å²) >= 11 is 0. The molecule has 0 saturated heterocycles. The number of urea groups is 1. The number of likely N-dealkylation sites (N-methyl/N-ethyl adjacent to an activating group) is 1. The first-order chi connectivity index (χ1) is 18.6. The number of anilines is 1. The minimum Gasteiger partial charge on any atom is -0.490 e. The Bertz CT molecular complexity index is 938. The Kier molecular flexibility index (Phi) is 11.9. The normalized spacial score (nSPS) is 24.1. The number of nitrogens with one attached hydrogen (secondary N) is 2. The highest BCUT2D eigenvalue weighted by Gasteiger charge is 2.31. The van der Waals surface area contributed by atoms with Crippen molar-refractivity contribution in [1.82, 2.24) is 15.1 Å². The number of aliphatic hydroxyl groups excluding tert-OH is 1. The van der Waals surface area contributed by atoms with Crippen molar-refractivity contribution in [2.75, 3.05) is 45.2 Å². The molecule has 0 bridgehead atoms. The van der Waals surface area contributed by atoms with Gasteiger partial charge >= 0.3 is 6.03 Å². The molecule has 3 N–H and O–H groups in total. The van der Waals surface area contributed by atoms with Gasteiger partial charge in [-0.2, -0.15) is 0 Å². The van der Waals surface area contributed by atoms with Crippen molar-refractivity contribution >= 4 is 17.6 Å². The molecular weight excluding hydrogens is 496 g/mol. The van der Waals surface area contributed by atoms with E-state index in [9.17, 15) is 14.7 Å². The van der Waals surface area contributed by atoms with Crippen LogP contribution in [0.3, 0.4) is 0 Å². The zero-order chi connectivity index (χ0) is 28.5.